The van der Waals surface area contributed by atoms with Crippen molar-refractivity contribution < 1.29 is 14.6 Å². The minimum Gasteiger partial charge on any atom is -0.493 e. The lowest BCUT2D eigenvalue weighted by molar-refractivity contribution is -0.120. The molecule has 0 heterocycles. The van der Waals surface area contributed by atoms with Gasteiger partial charge < -0.3 is 15.3 Å². The maximum atomic E-state index is 13.9. The Bertz CT molecular complexity index is 1390. The van der Waals surface area contributed by atoms with Crippen LogP contribution in [0, 0.1) is 35.0 Å². The molecule has 2 aromatic carbocycles. The summed E-state index contributed by atoms with van der Waals surface area (Å²) in [5, 5.41) is 20.2. The molecule has 254 valence electrons. The highest BCUT2D eigenvalue weighted by Crippen LogP contribution is 2.34. The number of aliphatic hydroxyl groups is 1. The van der Waals surface area contributed by atoms with Crippen molar-refractivity contribution in [1.82, 2.24) is 0 Å². The number of ketones is 1. The van der Waals surface area contributed by atoms with Crippen molar-refractivity contribution in [3.63, 3.8) is 0 Å². The van der Waals surface area contributed by atoms with Gasteiger partial charge in [0.25, 0.3) is 0 Å². The van der Waals surface area contributed by atoms with Crippen LogP contribution in [0.2, 0.25) is 0 Å². The molecule has 0 aromatic heterocycles. The van der Waals surface area contributed by atoms with Gasteiger partial charge in [-0.15, -0.1) is 0 Å². The summed E-state index contributed by atoms with van der Waals surface area (Å²) in [4.78, 5) is 13.9. The zero-order valence-electron chi connectivity index (χ0n) is 29.6. The fourth-order valence-corrected chi connectivity index (χ4v) is 7.29. The van der Waals surface area contributed by atoms with Crippen molar-refractivity contribution in [2.75, 3.05) is 6.61 Å². The van der Waals surface area contributed by atoms with Crippen molar-refractivity contribution in [2.45, 2.75) is 111 Å². The lowest BCUT2D eigenvalue weighted by Crippen LogP contribution is -2.24. The normalized spacial score (nSPS) is 20.2. The Labute approximate surface area is 284 Å². The fraction of sp³-hybridized carbons (Fsp3) is 0.535. The summed E-state index contributed by atoms with van der Waals surface area (Å²) in [5.41, 5.74) is 2.88. The highest BCUT2D eigenvalue weighted by Gasteiger charge is 2.27. The van der Waals surface area contributed by atoms with E-state index in [9.17, 15) is 9.90 Å². The molecule has 2 aromatic rings. The molecule has 0 bridgehead atoms. The number of carbonyl (C=O) groups excluding carboxylic acids is 1. The predicted octanol–water partition coefficient (Wildman–Crippen LogP) is 10.9. The number of carbonyl (C=O) groups is 1. The van der Waals surface area contributed by atoms with Gasteiger partial charge in [-0.05, 0) is 91.7 Å². The minimum absolute atomic E-state index is 0.0579. The largest absolute Gasteiger partial charge is 0.493 e. The Morgan fingerprint density at radius 2 is 1.83 bits per heavy atom. The molecular weight excluding hydrogens is 578 g/mol. The Balaban J connectivity index is 1.45. The van der Waals surface area contributed by atoms with E-state index in [-0.39, 0.29) is 23.8 Å². The Kier molecular flexibility index (Phi) is 13.8. The van der Waals surface area contributed by atoms with Gasteiger partial charge in [-0.25, -0.2) is 0 Å². The molecule has 1 saturated carbocycles. The average Bonchev–Trinajstić information content (AvgIpc) is 3.07. The van der Waals surface area contributed by atoms with Gasteiger partial charge in [0.15, 0.2) is 0 Å². The van der Waals surface area contributed by atoms with Crippen molar-refractivity contribution in [1.29, 1.82) is 5.41 Å². The van der Waals surface area contributed by atoms with Crippen LogP contribution >= 0.6 is 0 Å². The number of hydrogen-bond donors (Lipinski definition) is 2. The SMILES string of the molecule is CCCC(CC)COc1ccc(C(=N)CC(=O)[C@H](/C=C\CC2C=CC(c3ccccc3)=CC2C)CC2CCCCC2)c(C(C)(C)O)c1. The average molecular weight is 638 g/mol. The van der Waals surface area contributed by atoms with Crippen LogP contribution in [0.25, 0.3) is 5.57 Å². The van der Waals surface area contributed by atoms with Crippen LogP contribution < -0.4 is 4.74 Å². The monoisotopic (exact) mass is 637 g/mol. The van der Waals surface area contributed by atoms with Gasteiger partial charge in [0.2, 0.25) is 0 Å². The second-order valence-corrected chi connectivity index (χ2v) is 14.6. The quantitative estimate of drug-likeness (QED) is 0.134. The van der Waals surface area contributed by atoms with E-state index >= 15 is 0 Å². The molecule has 4 atom stereocenters. The van der Waals surface area contributed by atoms with Gasteiger partial charge in [0, 0.05) is 23.6 Å². The second kappa shape index (κ2) is 17.8. The summed E-state index contributed by atoms with van der Waals surface area (Å²) in [6.07, 6.45) is 22.6. The van der Waals surface area contributed by atoms with Crippen molar-refractivity contribution in [2.24, 2.45) is 29.6 Å². The maximum absolute atomic E-state index is 13.9. The molecule has 4 heteroatoms. The van der Waals surface area contributed by atoms with Crippen LogP contribution in [0.1, 0.15) is 122 Å². The maximum Gasteiger partial charge on any atom is 0.145 e. The molecule has 2 aliphatic carbocycles. The Morgan fingerprint density at radius 1 is 1.09 bits per heavy atom. The standard InChI is InChI=1S/C43H59NO3/c1-6-15-32(7-2)30-47-38-24-25-39(40(28-38)43(4,5)46)41(44)29-42(45)37(27-33-16-10-8-11-17-33)21-14-20-34-22-23-36(26-31(34)3)35-18-12-9-13-19-35/h9,12-14,18-19,21-26,28,31-34,37,44,46H,6-8,10-11,15-17,20,27,29-30H2,1-5H3/b21-14-,44-41?/t31?,32?,34?,37-/m1/s1. The van der Waals surface area contributed by atoms with Crippen molar-refractivity contribution in [3.8, 4) is 5.75 Å². The smallest absolute Gasteiger partial charge is 0.145 e. The molecule has 3 unspecified atom stereocenters. The number of nitrogens with one attached hydrogen (secondary N) is 1. The highest BCUT2D eigenvalue weighted by atomic mass is 16.5. The number of Topliss-reactive ketones (excluding diaryl/α,β-unsaturated/α-hetero) is 1. The number of rotatable bonds is 17. The van der Waals surface area contributed by atoms with Crippen LogP contribution in [0.3, 0.4) is 0 Å². The van der Waals surface area contributed by atoms with Crippen LogP contribution in [-0.2, 0) is 10.4 Å². The summed E-state index contributed by atoms with van der Waals surface area (Å²) in [7, 11) is 0. The van der Waals surface area contributed by atoms with Crippen molar-refractivity contribution >= 4 is 17.1 Å². The molecule has 0 spiro atoms. The molecular formula is C43H59NO3. The fourth-order valence-electron chi connectivity index (χ4n) is 7.29. The summed E-state index contributed by atoms with van der Waals surface area (Å²) in [6, 6.07) is 16.1. The van der Waals surface area contributed by atoms with E-state index in [1.807, 2.05) is 18.2 Å². The van der Waals surface area contributed by atoms with Crippen LogP contribution in [0.4, 0.5) is 0 Å². The summed E-state index contributed by atoms with van der Waals surface area (Å²) >= 11 is 0. The zero-order valence-corrected chi connectivity index (χ0v) is 29.6. The molecule has 4 rings (SSSR count). The first-order chi connectivity index (χ1) is 22.6. The first-order valence-corrected chi connectivity index (χ1v) is 18.3. The molecule has 0 saturated heterocycles. The minimum atomic E-state index is -1.17. The van der Waals surface area contributed by atoms with E-state index in [0.717, 1.165) is 32.1 Å². The van der Waals surface area contributed by atoms with Crippen LogP contribution in [-0.4, -0.2) is 23.2 Å². The number of allylic oxidation sites excluding steroid dienone is 6. The van der Waals surface area contributed by atoms with Gasteiger partial charge in [-0.3, -0.25) is 4.79 Å². The van der Waals surface area contributed by atoms with E-state index < -0.39 is 5.60 Å². The highest BCUT2D eigenvalue weighted by molar-refractivity contribution is 6.11. The van der Waals surface area contributed by atoms with E-state index in [4.69, 9.17) is 10.1 Å². The van der Waals surface area contributed by atoms with E-state index in [1.54, 1.807) is 13.8 Å². The van der Waals surface area contributed by atoms with Gasteiger partial charge in [-0.2, -0.15) is 0 Å². The van der Waals surface area contributed by atoms with E-state index in [1.165, 1.54) is 43.2 Å². The third-order valence-electron chi connectivity index (χ3n) is 10.3. The van der Waals surface area contributed by atoms with E-state index in [0.29, 0.717) is 47.2 Å². The first-order valence-electron chi connectivity index (χ1n) is 18.3. The third kappa shape index (κ3) is 10.9. The number of hydrogen-bond acceptors (Lipinski definition) is 4. The van der Waals surface area contributed by atoms with Gasteiger partial charge >= 0.3 is 0 Å². The summed E-state index contributed by atoms with van der Waals surface area (Å²) in [5.74, 6) is 2.46. The predicted molar refractivity (Wildman–Crippen MR) is 197 cm³/mol. The lowest BCUT2D eigenvalue weighted by Gasteiger charge is -2.26. The Morgan fingerprint density at radius 3 is 2.49 bits per heavy atom. The molecule has 0 amide bonds. The molecule has 2 aliphatic rings. The molecule has 2 N–H and O–H groups in total. The van der Waals surface area contributed by atoms with Gasteiger partial charge in [0.05, 0.1) is 12.2 Å². The van der Waals surface area contributed by atoms with E-state index in [2.05, 4.69) is 81.5 Å². The van der Waals surface area contributed by atoms with Crippen LogP contribution in [0.15, 0.2) is 78.9 Å². The molecule has 0 aliphatic heterocycles. The second-order valence-electron chi connectivity index (χ2n) is 14.6. The lowest BCUT2D eigenvalue weighted by atomic mass is 9.79. The zero-order chi connectivity index (χ0) is 33.8. The summed E-state index contributed by atoms with van der Waals surface area (Å²) in [6.45, 7) is 10.8. The van der Waals surface area contributed by atoms with Crippen LogP contribution in [0.5, 0.6) is 5.75 Å². The first kappa shape index (κ1) is 36.6. The number of benzene rings is 2. The Hall–Kier alpha value is -3.24. The topological polar surface area (TPSA) is 70.4 Å². The molecule has 4 nitrogen and oxygen atoms in total. The molecule has 47 heavy (non-hydrogen) atoms. The van der Waals surface area contributed by atoms with Crippen molar-refractivity contribution in [3.05, 3.63) is 95.6 Å². The third-order valence-corrected chi connectivity index (χ3v) is 10.3. The summed E-state index contributed by atoms with van der Waals surface area (Å²) < 4.78 is 6.15. The molecule has 0 radical (unpaired) electrons. The van der Waals surface area contributed by atoms with Gasteiger partial charge in [0.1, 0.15) is 11.5 Å². The molecule has 1 fully saturated rings. The number of ether oxygens (including phenoxy) is 1. The van der Waals surface area contributed by atoms with Gasteiger partial charge in [-0.1, -0.05) is 126 Å².